The van der Waals surface area contributed by atoms with Gasteiger partial charge < -0.3 is 19.2 Å². The van der Waals surface area contributed by atoms with Gasteiger partial charge in [0.25, 0.3) is 5.91 Å². The number of esters is 2. The van der Waals surface area contributed by atoms with Crippen LogP contribution in [0.25, 0.3) is 21.1 Å². The minimum atomic E-state index is -0.674. The number of aryl methyl sites for hydroxylation is 1. The molecular weight excluding hydrogens is 434 g/mol. The maximum Gasteiger partial charge on any atom is 0.345 e. The molecule has 0 spiro atoms. The molecule has 9 heteroatoms. The lowest BCUT2D eigenvalue weighted by Crippen LogP contribution is -2.13. The summed E-state index contributed by atoms with van der Waals surface area (Å²) in [5, 5.41) is 3.70. The lowest BCUT2D eigenvalue weighted by Gasteiger charge is -2.09. The van der Waals surface area contributed by atoms with Crippen molar-refractivity contribution in [3.63, 3.8) is 0 Å². The molecular formula is C23H17NO7S. The molecule has 0 aliphatic rings. The van der Waals surface area contributed by atoms with Crippen LogP contribution in [0.2, 0.25) is 0 Å². The first kappa shape index (κ1) is 21.3. The number of hydrogen-bond donors (Lipinski definition) is 1. The Balaban J connectivity index is 1.75. The average molecular weight is 451 g/mol. The van der Waals surface area contributed by atoms with Crippen molar-refractivity contribution in [3.05, 3.63) is 74.5 Å². The van der Waals surface area contributed by atoms with Crippen molar-refractivity contribution >= 4 is 55.9 Å². The van der Waals surface area contributed by atoms with Crippen LogP contribution in [-0.2, 0) is 9.47 Å². The van der Waals surface area contributed by atoms with Gasteiger partial charge in [-0.2, -0.15) is 0 Å². The third kappa shape index (κ3) is 3.85. The van der Waals surface area contributed by atoms with Gasteiger partial charge in [0.2, 0.25) is 0 Å². The summed E-state index contributed by atoms with van der Waals surface area (Å²) < 4.78 is 15.4. The van der Waals surface area contributed by atoms with Crippen LogP contribution in [0.1, 0.15) is 36.0 Å². The van der Waals surface area contributed by atoms with E-state index in [1.54, 1.807) is 6.07 Å². The lowest BCUT2D eigenvalue weighted by molar-refractivity contribution is 0.0599. The van der Waals surface area contributed by atoms with Crippen molar-refractivity contribution < 1.29 is 28.3 Å². The van der Waals surface area contributed by atoms with E-state index in [0.717, 1.165) is 22.3 Å². The number of amides is 1. The number of benzene rings is 2. The van der Waals surface area contributed by atoms with Crippen molar-refractivity contribution in [1.29, 1.82) is 0 Å². The number of thiophene rings is 1. The van der Waals surface area contributed by atoms with Gasteiger partial charge in [0.05, 0.1) is 40.3 Å². The van der Waals surface area contributed by atoms with Gasteiger partial charge in [0, 0.05) is 11.1 Å². The van der Waals surface area contributed by atoms with Crippen LogP contribution in [0.15, 0.2) is 51.7 Å². The largest absolute Gasteiger partial charge is 0.465 e. The molecule has 0 saturated carbocycles. The third-order valence-electron chi connectivity index (χ3n) is 4.79. The van der Waals surface area contributed by atoms with E-state index in [4.69, 9.17) is 13.9 Å². The van der Waals surface area contributed by atoms with Gasteiger partial charge in [-0.1, -0.05) is 11.6 Å². The molecule has 2 heterocycles. The average Bonchev–Trinajstić information content (AvgIpc) is 3.25. The summed E-state index contributed by atoms with van der Waals surface area (Å²) in [7, 11) is 2.42. The SMILES string of the molecule is COC(=O)c1cc(NC(=O)c2cc3c(=O)oc4ccc(C)cc4c3s2)cc(C(=O)OC)c1. The van der Waals surface area contributed by atoms with E-state index >= 15 is 0 Å². The molecule has 2 aromatic carbocycles. The highest BCUT2D eigenvalue weighted by Crippen LogP contribution is 2.31. The number of methoxy groups -OCH3 is 2. The molecule has 1 amide bonds. The molecule has 162 valence electrons. The van der Waals surface area contributed by atoms with E-state index in [1.165, 1.54) is 38.5 Å². The standard InChI is InChI=1S/C23H17NO7S/c1-11-4-5-17-15(6-11)19-16(23(28)31-17)10-18(32-19)20(25)24-14-8-12(21(26)29-2)7-13(9-14)22(27)30-3/h4-10H,1-3H3,(H,24,25). The van der Waals surface area contributed by atoms with Gasteiger partial charge in [-0.15, -0.1) is 11.3 Å². The van der Waals surface area contributed by atoms with Crippen LogP contribution in [0.5, 0.6) is 0 Å². The predicted octanol–water partition coefficient (Wildman–Crippen LogP) is 4.14. The fourth-order valence-corrected chi connectivity index (χ4v) is 4.35. The number of hydrogen-bond acceptors (Lipinski definition) is 8. The van der Waals surface area contributed by atoms with E-state index in [9.17, 15) is 19.2 Å². The second-order valence-electron chi connectivity index (χ2n) is 6.98. The lowest BCUT2D eigenvalue weighted by atomic mass is 10.1. The van der Waals surface area contributed by atoms with Gasteiger partial charge in [-0.25, -0.2) is 14.4 Å². The molecule has 0 aliphatic carbocycles. The van der Waals surface area contributed by atoms with E-state index in [-0.39, 0.29) is 21.7 Å². The fraction of sp³-hybridized carbons (Fsp3) is 0.130. The van der Waals surface area contributed by atoms with Gasteiger partial charge in [0.15, 0.2) is 0 Å². The Kier molecular flexibility index (Phi) is 5.50. The number of anilines is 1. The van der Waals surface area contributed by atoms with Gasteiger partial charge in [0.1, 0.15) is 5.58 Å². The normalized spacial score (nSPS) is 10.8. The number of carbonyl (C=O) groups is 3. The summed E-state index contributed by atoms with van der Waals surface area (Å²) in [6, 6.07) is 11.0. The van der Waals surface area contributed by atoms with Crippen molar-refractivity contribution in [2.24, 2.45) is 0 Å². The molecule has 0 bridgehead atoms. The number of rotatable bonds is 4. The maximum atomic E-state index is 12.9. The van der Waals surface area contributed by atoms with Crippen LogP contribution in [0.3, 0.4) is 0 Å². The highest BCUT2D eigenvalue weighted by atomic mass is 32.1. The summed E-state index contributed by atoms with van der Waals surface area (Å²) >= 11 is 1.15. The minimum Gasteiger partial charge on any atom is -0.465 e. The van der Waals surface area contributed by atoms with Crippen LogP contribution < -0.4 is 10.9 Å². The van der Waals surface area contributed by atoms with E-state index in [1.807, 2.05) is 19.1 Å². The van der Waals surface area contributed by atoms with Crippen molar-refractivity contribution in [2.45, 2.75) is 6.92 Å². The molecule has 0 radical (unpaired) electrons. The minimum absolute atomic E-state index is 0.0733. The Morgan fingerprint density at radius 3 is 2.19 bits per heavy atom. The van der Waals surface area contributed by atoms with E-state index < -0.39 is 23.5 Å². The number of ether oxygens (including phenoxy) is 2. The smallest absolute Gasteiger partial charge is 0.345 e. The molecule has 8 nitrogen and oxygen atoms in total. The molecule has 0 unspecified atom stereocenters. The van der Waals surface area contributed by atoms with Crippen molar-refractivity contribution in [1.82, 2.24) is 0 Å². The second-order valence-corrected chi connectivity index (χ2v) is 8.03. The van der Waals surface area contributed by atoms with E-state index in [2.05, 4.69) is 5.32 Å². The molecule has 0 saturated heterocycles. The topological polar surface area (TPSA) is 112 Å². The number of fused-ring (bicyclic) bond motifs is 3. The Morgan fingerprint density at radius 2 is 1.56 bits per heavy atom. The Labute approximate surface area is 185 Å². The molecule has 0 aliphatic heterocycles. The van der Waals surface area contributed by atoms with Crippen LogP contribution in [0.4, 0.5) is 5.69 Å². The molecule has 0 atom stereocenters. The maximum absolute atomic E-state index is 12.9. The molecule has 1 N–H and O–H groups in total. The predicted molar refractivity (Wildman–Crippen MR) is 120 cm³/mol. The second kappa shape index (κ2) is 8.27. The first-order valence-electron chi connectivity index (χ1n) is 9.41. The quantitative estimate of drug-likeness (QED) is 0.367. The fourth-order valence-electron chi connectivity index (χ4n) is 3.28. The van der Waals surface area contributed by atoms with Crippen LogP contribution in [0, 0.1) is 6.92 Å². The number of carbonyl (C=O) groups excluding carboxylic acids is 3. The first-order chi connectivity index (χ1) is 15.3. The highest BCUT2D eigenvalue weighted by Gasteiger charge is 2.19. The summed E-state index contributed by atoms with van der Waals surface area (Å²) in [6.07, 6.45) is 0. The summed E-state index contributed by atoms with van der Waals surface area (Å²) in [6.45, 7) is 1.92. The van der Waals surface area contributed by atoms with Gasteiger partial charge in [-0.05, 0) is 43.3 Å². The Bertz CT molecular complexity index is 1430. The highest BCUT2D eigenvalue weighted by molar-refractivity contribution is 7.21. The Hall–Kier alpha value is -3.98. The van der Waals surface area contributed by atoms with Crippen molar-refractivity contribution in [3.8, 4) is 0 Å². The summed E-state index contributed by atoms with van der Waals surface area (Å²) in [5.41, 5.74) is 1.24. The molecule has 4 aromatic rings. The third-order valence-corrected chi connectivity index (χ3v) is 5.96. The summed E-state index contributed by atoms with van der Waals surface area (Å²) in [5.74, 6) is -1.86. The zero-order valence-corrected chi connectivity index (χ0v) is 18.1. The zero-order valence-electron chi connectivity index (χ0n) is 17.3. The monoisotopic (exact) mass is 451 g/mol. The number of nitrogens with one attached hydrogen (secondary N) is 1. The van der Waals surface area contributed by atoms with Gasteiger partial charge in [-0.3, -0.25) is 4.79 Å². The molecule has 0 fully saturated rings. The summed E-state index contributed by atoms with van der Waals surface area (Å²) in [4.78, 5) is 49.5. The van der Waals surface area contributed by atoms with Crippen molar-refractivity contribution in [2.75, 3.05) is 19.5 Å². The van der Waals surface area contributed by atoms with Gasteiger partial charge >= 0.3 is 17.6 Å². The molecule has 32 heavy (non-hydrogen) atoms. The first-order valence-corrected chi connectivity index (χ1v) is 10.2. The Morgan fingerprint density at radius 1 is 0.906 bits per heavy atom. The van der Waals surface area contributed by atoms with E-state index in [0.29, 0.717) is 15.7 Å². The zero-order chi connectivity index (χ0) is 23.0. The van der Waals surface area contributed by atoms with Crippen LogP contribution >= 0.6 is 11.3 Å². The molecule has 4 rings (SSSR count). The molecule has 2 aromatic heterocycles. The van der Waals surface area contributed by atoms with Crippen LogP contribution in [-0.4, -0.2) is 32.1 Å².